The Hall–Kier alpha value is -2.79. The van der Waals surface area contributed by atoms with Gasteiger partial charge in [-0.25, -0.2) is 4.79 Å². The molecule has 1 aliphatic rings. The second-order valence-electron chi connectivity index (χ2n) is 5.96. The van der Waals surface area contributed by atoms with E-state index < -0.39 is 5.97 Å². The number of benzene rings is 3. The van der Waals surface area contributed by atoms with E-state index in [1.807, 2.05) is 48.5 Å². The van der Waals surface area contributed by atoms with Gasteiger partial charge in [0, 0.05) is 21.2 Å². The summed E-state index contributed by atoms with van der Waals surface area (Å²) in [7, 11) is 1.31. The lowest BCUT2D eigenvalue weighted by molar-refractivity contribution is 0.0598. The number of halogens is 1. The van der Waals surface area contributed by atoms with Crippen molar-refractivity contribution in [3.8, 4) is 33.8 Å². The number of phenols is 1. The number of methoxy groups -OCH3 is 1. The molecule has 0 fully saturated rings. The maximum atomic E-state index is 12.4. The molecular weight excluding hydrogens is 396 g/mol. The van der Waals surface area contributed by atoms with Crippen LogP contribution in [0, 0.1) is 0 Å². The van der Waals surface area contributed by atoms with Gasteiger partial charge in [0.1, 0.15) is 23.7 Å². The lowest BCUT2D eigenvalue weighted by atomic mass is 9.86. The van der Waals surface area contributed by atoms with Crippen molar-refractivity contribution in [3.63, 3.8) is 0 Å². The molecule has 0 spiro atoms. The normalized spacial score (nSPS) is 11.9. The van der Waals surface area contributed by atoms with Crippen molar-refractivity contribution < 1.29 is 19.4 Å². The van der Waals surface area contributed by atoms with Gasteiger partial charge in [0.25, 0.3) is 0 Å². The zero-order valence-corrected chi connectivity index (χ0v) is 15.5. The summed E-state index contributed by atoms with van der Waals surface area (Å²) >= 11 is 3.43. The molecule has 5 heteroatoms. The Balaban J connectivity index is 2.06. The molecule has 3 aromatic carbocycles. The summed E-state index contributed by atoms with van der Waals surface area (Å²) in [6, 6.07) is 16.9. The first-order valence-corrected chi connectivity index (χ1v) is 8.84. The van der Waals surface area contributed by atoms with Crippen molar-refractivity contribution in [2.75, 3.05) is 7.11 Å². The Bertz CT molecular complexity index is 1010. The van der Waals surface area contributed by atoms with Crippen molar-refractivity contribution in [3.05, 3.63) is 70.2 Å². The van der Waals surface area contributed by atoms with Gasteiger partial charge in [-0.05, 0) is 35.4 Å². The minimum atomic E-state index is -0.571. The molecule has 1 aliphatic heterocycles. The number of carbonyl (C=O) groups excluding carboxylic acids is 1. The fraction of sp³-hybridized carbons (Fsp3) is 0.0952. The summed E-state index contributed by atoms with van der Waals surface area (Å²) in [4.78, 5) is 12.4. The average molecular weight is 411 g/mol. The van der Waals surface area contributed by atoms with Gasteiger partial charge in [-0.2, -0.15) is 0 Å². The van der Waals surface area contributed by atoms with E-state index in [0.717, 1.165) is 26.7 Å². The van der Waals surface area contributed by atoms with Crippen LogP contribution in [0.1, 0.15) is 15.9 Å². The molecule has 1 heterocycles. The van der Waals surface area contributed by atoms with E-state index in [1.54, 1.807) is 6.07 Å². The van der Waals surface area contributed by atoms with Gasteiger partial charge in [0.2, 0.25) is 0 Å². The fourth-order valence-corrected chi connectivity index (χ4v) is 3.57. The third kappa shape index (κ3) is 2.65. The number of hydrogen-bond donors (Lipinski definition) is 1. The van der Waals surface area contributed by atoms with Gasteiger partial charge in [-0.3, -0.25) is 0 Å². The van der Waals surface area contributed by atoms with E-state index in [-0.39, 0.29) is 11.3 Å². The summed E-state index contributed by atoms with van der Waals surface area (Å²) in [5.41, 5.74) is 4.20. The highest BCUT2D eigenvalue weighted by Crippen LogP contribution is 2.46. The molecule has 0 amide bonds. The lowest BCUT2D eigenvalue weighted by Crippen LogP contribution is -2.13. The zero-order chi connectivity index (χ0) is 18.3. The third-order valence-corrected chi connectivity index (χ3v) is 5.02. The van der Waals surface area contributed by atoms with Crippen LogP contribution in [0.3, 0.4) is 0 Å². The quantitative estimate of drug-likeness (QED) is 0.592. The molecule has 0 bridgehead atoms. The number of carbonyl (C=O) groups is 1. The summed E-state index contributed by atoms with van der Waals surface area (Å²) < 4.78 is 11.8. The molecule has 3 aromatic rings. The molecule has 26 heavy (non-hydrogen) atoms. The van der Waals surface area contributed by atoms with Gasteiger partial charge in [-0.15, -0.1) is 0 Å². The predicted octanol–water partition coefficient (Wildman–Crippen LogP) is 5.17. The monoisotopic (exact) mass is 410 g/mol. The number of para-hydroxylation sites is 1. The van der Waals surface area contributed by atoms with Crippen LogP contribution in [0.4, 0.5) is 0 Å². The highest BCUT2D eigenvalue weighted by Gasteiger charge is 2.29. The minimum Gasteiger partial charge on any atom is -0.507 e. The Kier molecular flexibility index (Phi) is 4.17. The van der Waals surface area contributed by atoms with Crippen LogP contribution in [0.15, 0.2) is 59.1 Å². The zero-order valence-electron chi connectivity index (χ0n) is 14.0. The Morgan fingerprint density at radius 3 is 2.58 bits per heavy atom. The largest absolute Gasteiger partial charge is 0.507 e. The van der Waals surface area contributed by atoms with Crippen LogP contribution in [0.25, 0.3) is 22.3 Å². The van der Waals surface area contributed by atoms with E-state index in [9.17, 15) is 9.90 Å². The van der Waals surface area contributed by atoms with E-state index in [0.29, 0.717) is 17.9 Å². The Labute approximate surface area is 159 Å². The summed E-state index contributed by atoms with van der Waals surface area (Å²) in [6.45, 7) is 0.308. The van der Waals surface area contributed by atoms with Crippen molar-refractivity contribution in [2.45, 2.75) is 6.61 Å². The smallest absolute Gasteiger partial charge is 0.342 e. The van der Waals surface area contributed by atoms with Gasteiger partial charge in [0.15, 0.2) is 0 Å². The number of fused-ring (bicyclic) bond motifs is 3. The Morgan fingerprint density at radius 2 is 1.85 bits per heavy atom. The van der Waals surface area contributed by atoms with E-state index in [2.05, 4.69) is 15.9 Å². The first-order valence-electron chi connectivity index (χ1n) is 8.05. The fourth-order valence-electron chi connectivity index (χ4n) is 3.30. The first kappa shape index (κ1) is 16.7. The number of hydrogen-bond acceptors (Lipinski definition) is 4. The first-order chi connectivity index (χ1) is 12.6. The number of esters is 1. The molecule has 0 unspecified atom stereocenters. The highest BCUT2D eigenvalue weighted by atomic mass is 79.9. The van der Waals surface area contributed by atoms with Gasteiger partial charge in [0.05, 0.1) is 7.11 Å². The van der Waals surface area contributed by atoms with Crippen LogP contribution < -0.4 is 4.74 Å². The molecule has 0 radical (unpaired) electrons. The molecule has 4 rings (SSSR count). The summed E-state index contributed by atoms with van der Waals surface area (Å²) in [5.74, 6) is 0.000500. The number of phenolic OH excluding ortho intramolecular Hbond substituents is 1. The van der Waals surface area contributed by atoms with Crippen LogP contribution in [-0.2, 0) is 11.3 Å². The molecule has 4 nitrogen and oxygen atoms in total. The molecular formula is C21H15BrO4. The molecule has 130 valence electrons. The van der Waals surface area contributed by atoms with Crippen LogP contribution in [0.5, 0.6) is 11.5 Å². The van der Waals surface area contributed by atoms with Crippen molar-refractivity contribution in [2.24, 2.45) is 0 Å². The molecule has 0 aromatic heterocycles. The standard InChI is InChI=1S/C21H15BrO4/c1-25-21(24)20-17(23)10-15(12-6-8-13(22)9-7-12)16-11-26-18-5-3-2-4-14(18)19(16)20/h2-10,23H,11H2,1H3. The molecule has 0 atom stereocenters. The molecule has 0 aliphatic carbocycles. The van der Waals surface area contributed by atoms with Crippen LogP contribution >= 0.6 is 15.9 Å². The number of aromatic hydroxyl groups is 1. The maximum absolute atomic E-state index is 12.4. The molecule has 0 saturated carbocycles. The highest BCUT2D eigenvalue weighted by molar-refractivity contribution is 9.10. The van der Waals surface area contributed by atoms with Crippen molar-refractivity contribution in [1.82, 2.24) is 0 Å². The van der Waals surface area contributed by atoms with Gasteiger partial charge >= 0.3 is 5.97 Å². The second-order valence-corrected chi connectivity index (χ2v) is 6.87. The molecule has 0 saturated heterocycles. The number of ether oxygens (including phenoxy) is 2. The Morgan fingerprint density at radius 1 is 1.12 bits per heavy atom. The third-order valence-electron chi connectivity index (χ3n) is 4.49. The van der Waals surface area contributed by atoms with E-state index in [4.69, 9.17) is 9.47 Å². The van der Waals surface area contributed by atoms with Crippen molar-refractivity contribution in [1.29, 1.82) is 0 Å². The topological polar surface area (TPSA) is 55.8 Å². The predicted molar refractivity (Wildman–Crippen MR) is 102 cm³/mol. The van der Waals surface area contributed by atoms with Gasteiger partial charge < -0.3 is 14.6 Å². The van der Waals surface area contributed by atoms with Gasteiger partial charge in [-0.1, -0.05) is 46.3 Å². The van der Waals surface area contributed by atoms with E-state index >= 15 is 0 Å². The average Bonchev–Trinajstić information content (AvgIpc) is 2.67. The summed E-state index contributed by atoms with van der Waals surface area (Å²) in [6.07, 6.45) is 0. The van der Waals surface area contributed by atoms with E-state index in [1.165, 1.54) is 7.11 Å². The van der Waals surface area contributed by atoms with Crippen LogP contribution in [-0.4, -0.2) is 18.2 Å². The maximum Gasteiger partial charge on any atom is 0.342 e. The molecule has 1 N–H and O–H groups in total. The minimum absolute atomic E-state index is 0.106. The van der Waals surface area contributed by atoms with Crippen LogP contribution in [0.2, 0.25) is 0 Å². The number of rotatable bonds is 2. The summed E-state index contributed by atoms with van der Waals surface area (Å²) in [5, 5.41) is 10.6. The SMILES string of the molecule is COC(=O)c1c(O)cc(-c2ccc(Br)cc2)c2c1-c1ccccc1OC2. The van der Waals surface area contributed by atoms with Crippen molar-refractivity contribution >= 4 is 21.9 Å². The second kappa shape index (κ2) is 6.50. The lowest BCUT2D eigenvalue weighted by Gasteiger charge is -2.26.